The maximum absolute atomic E-state index is 14.5. The van der Waals surface area contributed by atoms with Gasteiger partial charge in [-0.25, -0.2) is 32.3 Å². The molecule has 0 fully saturated rings. The van der Waals surface area contributed by atoms with Crippen LogP contribution in [-0.2, 0) is 20.1 Å². The minimum Gasteiger partial charge on any atom is -0.423 e. The van der Waals surface area contributed by atoms with Crippen molar-refractivity contribution in [3.8, 4) is 0 Å². The Morgan fingerprint density at radius 1 is 1.00 bits per heavy atom. The number of hydrogen-bond donors (Lipinski definition) is 2. The van der Waals surface area contributed by atoms with Gasteiger partial charge in [-0.2, -0.15) is 15.1 Å². The van der Waals surface area contributed by atoms with Crippen molar-refractivity contribution in [1.82, 2.24) is 33.9 Å². The van der Waals surface area contributed by atoms with Crippen LogP contribution in [0.2, 0.25) is 5.02 Å². The van der Waals surface area contributed by atoms with Gasteiger partial charge in [-0.1, -0.05) is 11.6 Å². The van der Waals surface area contributed by atoms with Gasteiger partial charge in [0.15, 0.2) is 23.0 Å². The van der Waals surface area contributed by atoms with Crippen LogP contribution in [0.25, 0.3) is 11.1 Å². The lowest BCUT2D eigenvalue weighted by Crippen LogP contribution is -2.43. The Balaban J connectivity index is 1.63. The number of aryl methyl sites for hydroxylation is 1. The van der Waals surface area contributed by atoms with E-state index in [1.807, 2.05) is 0 Å². The molecule has 0 spiro atoms. The zero-order chi connectivity index (χ0) is 27.1. The van der Waals surface area contributed by atoms with E-state index in [4.69, 9.17) is 16.0 Å². The van der Waals surface area contributed by atoms with E-state index < -0.39 is 35.4 Å². The average Bonchev–Trinajstić information content (AvgIpc) is 3.47. The fourth-order valence-corrected chi connectivity index (χ4v) is 3.83. The Kier molecular flexibility index (Phi) is 6.36. The topological polar surface area (TPSA) is 138 Å². The molecule has 3 heterocycles. The van der Waals surface area contributed by atoms with Gasteiger partial charge < -0.3 is 15.1 Å². The standard InChI is InChI=1S/C22H17ClF3N9O3/c1-27-20-30-16-4-11(23)15(6-17(16)38-20)29-19-31-21(36)35(8-18-28-9-33(2)32-18)22(37)34(19)7-10-3-13(25)14(26)5-12(10)24/h3-6,9H,7-8H2,1-2H3,(H,27,30)(H,29,31,36). The summed E-state index contributed by atoms with van der Waals surface area (Å²) < 4.78 is 50.4. The molecule has 38 heavy (non-hydrogen) atoms. The quantitative estimate of drug-likeness (QED) is 0.294. The van der Waals surface area contributed by atoms with Gasteiger partial charge in [0, 0.05) is 31.8 Å². The molecule has 0 aliphatic carbocycles. The van der Waals surface area contributed by atoms with Crippen LogP contribution >= 0.6 is 11.6 Å². The van der Waals surface area contributed by atoms with Gasteiger partial charge in [0.05, 0.1) is 23.8 Å². The van der Waals surface area contributed by atoms with Crippen molar-refractivity contribution in [2.45, 2.75) is 13.1 Å². The molecule has 2 N–H and O–H groups in total. The van der Waals surface area contributed by atoms with Crippen molar-refractivity contribution in [3.63, 3.8) is 0 Å². The summed E-state index contributed by atoms with van der Waals surface area (Å²) in [6, 6.07) is 4.14. The lowest BCUT2D eigenvalue weighted by atomic mass is 10.2. The van der Waals surface area contributed by atoms with Crippen LogP contribution in [0.4, 0.5) is 30.8 Å². The Labute approximate surface area is 215 Å². The second-order valence-corrected chi connectivity index (χ2v) is 8.47. The summed E-state index contributed by atoms with van der Waals surface area (Å²) >= 11 is 6.37. The highest BCUT2D eigenvalue weighted by Gasteiger charge is 2.20. The minimum absolute atomic E-state index is 0.134. The van der Waals surface area contributed by atoms with Gasteiger partial charge in [0.1, 0.15) is 17.7 Å². The first-order chi connectivity index (χ1) is 18.1. The number of anilines is 3. The Bertz CT molecular complexity index is 1810. The van der Waals surface area contributed by atoms with Crippen molar-refractivity contribution < 1.29 is 17.6 Å². The van der Waals surface area contributed by atoms with Gasteiger partial charge in [-0.15, -0.1) is 0 Å². The van der Waals surface area contributed by atoms with Gasteiger partial charge in [0.25, 0.3) is 6.01 Å². The number of nitrogens with zero attached hydrogens (tertiary/aromatic N) is 7. The van der Waals surface area contributed by atoms with E-state index in [1.165, 1.54) is 23.1 Å². The van der Waals surface area contributed by atoms with E-state index in [9.17, 15) is 22.8 Å². The Morgan fingerprint density at radius 3 is 2.47 bits per heavy atom. The highest BCUT2D eigenvalue weighted by atomic mass is 35.5. The number of hydrogen-bond acceptors (Lipinski definition) is 9. The minimum atomic E-state index is -1.39. The first-order valence-corrected chi connectivity index (χ1v) is 11.2. The lowest BCUT2D eigenvalue weighted by molar-refractivity contribution is 0.485. The van der Waals surface area contributed by atoms with E-state index in [0.717, 1.165) is 9.13 Å². The summed E-state index contributed by atoms with van der Waals surface area (Å²) in [4.78, 5) is 38.4. The second-order valence-electron chi connectivity index (χ2n) is 8.06. The van der Waals surface area contributed by atoms with E-state index >= 15 is 0 Å². The molecule has 0 bridgehead atoms. The molecule has 16 heteroatoms. The summed E-state index contributed by atoms with van der Waals surface area (Å²) in [5, 5.41) is 9.70. The molecule has 0 aliphatic heterocycles. The van der Waals surface area contributed by atoms with E-state index in [1.54, 1.807) is 14.1 Å². The fourth-order valence-electron chi connectivity index (χ4n) is 3.63. The maximum Gasteiger partial charge on any atom is 0.355 e. The van der Waals surface area contributed by atoms with Crippen molar-refractivity contribution >= 4 is 40.4 Å². The highest BCUT2D eigenvalue weighted by molar-refractivity contribution is 6.34. The van der Waals surface area contributed by atoms with Crippen molar-refractivity contribution in [3.05, 3.63) is 85.4 Å². The summed E-state index contributed by atoms with van der Waals surface area (Å²) in [5.74, 6) is -4.02. The molecule has 0 saturated carbocycles. The predicted molar refractivity (Wildman–Crippen MR) is 130 cm³/mol. The predicted octanol–water partition coefficient (Wildman–Crippen LogP) is 2.63. The smallest absolute Gasteiger partial charge is 0.355 e. The third kappa shape index (κ3) is 4.70. The van der Waals surface area contributed by atoms with Crippen LogP contribution < -0.4 is 22.0 Å². The number of aromatic nitrogens is 7. The van der Waals surface area contributed by atoms with E-state index in [0.29, 0.717) is 23.2 Å². The molecule has 0 unspecified atom stereocenters. The largest absolute Gasteiger partial charge is 0.423 e. The van der Waals surface area contributed by atoms with Crippen LogP contribution in [0.3, 0.4) is 0 Å². The molecule has 0 radical (unpaired) electrons. The normalized spacial score (nSPS) is 11.3. The van der Waals surface area contributed by atoms with Crippen molar-refractivity contribution in [2.75, 3.05) is 17.7 Å². The van der Waals surface area contributed by atoms with Crippen molar-refractivity contribution in [2.24, 2.45) is 7.05 Å². The molecule has 5 aromatic rings. The molecule has 196 valence electrons. The third-order valence-electron chi connectivity index (χ3n) is 5.45. The Morgan fingerprint density at radius 2 is 1.76 bits per heavy atom. The third-order valence-corrected chi connectivity index (χ3v) is 5.76. The van der Waals surface area contributed by atoms with E-state index in [2.05, 4.69) is 30.7 Å². The average molecular weight is 548 g/mol. The highest BCUT2D eigenvalue weighted by Crippen LogP contribution is 2.31. The van der Waals surface area contributed by atoms with Gasteiger partial charge in [-0.05, 0) is 12.1 Å². The molecule has 0 atom stereocenters. The zero-order valence-corrected chi connectivity index (χ0v) is 20.4. The molecule has 2 aromatic carbocycles. The first kappa shape index (κ1) is 25.0. The van der Waals surface area contributed by atoms with Crippen LogP contribution in [0, 0.1) is 17.5 Å². The van der Waals surface area contributed by atoms with Crippen LogP contribution in [-0.4, -0.2) is 40.9 Å². The summed E-state index contributed by atoms with van der Waals surface area (Å²) in [6.45, 7) is -0.956. The summed E-state index contributed by atoms with van der Waals surface area (Å²) in [6.07, 6.45) is 1.38. The number of halogens is 4. The maximum atomic E-state index is 14.5. The number of benzene rings is 2. The molecule has 0 amide bonds. The molecule has 0 aliphatic rings. The van der Waals surface area contributed by atoms with Gasteiger partial charge in [0.2, 0.25) is 5.95 Å². The number of nitrogens with one attached hydrogen (secondary N) is 2. The van der Waals surface area contributed by atoms with Crippen LogP contribution in [0.15, 0.2) is 44.6 Å². The zero-order valence-electron chi connectivity index (χ0n) is 19.7. The summed E-state index contributed by atoms with van der Waals surface area (Å²) in [7, 11) is 3.21. The fraction of sp³-hybridized carbons (Fsp3) is 0.182. The van der Waals surface area contributed by atoms with E-state index in [-0.39, 0.29) is 40.6 Å². The molecule has 5 rings (SSSR count). The molecule has 3 aromatic heterocycles. The molecule has 0 saturated heterocycles. The van der Waals surface area contributed by atoms with Gasteiger partial charge in [-0.3, -0.25) is 9.25 Å². The monoisotopic (exact) mass is 547 g/mol. The second kappa shape index (κ2) is 9.66. The first-order valence-electron chi connectivity index (χ1n) is 10.9. The van der Waals surface area contributed by atoms with Gasteiger partial charge >= 0.3 is 11.4 Å². The number of fused-ring (bicyclic) bond motifs is 1. The molecular formula is C22H17ClF3N9O3. The Hall–Kier alpha value is -4.66. The summed E-state index contributed by atoms with van der Waals surface area (Å²) in [5.41, 5.74) is -1.37. The lowest BCUT2D eigenvalue weighted by Gasteiger charge is -2.16. The van der Waals surface area contributed by atoms with Crippen LogP contribution in [0.1, 0.15) is 11.4 Å². The van der Waals surface area contributed by atoms with Crippen molar-refractivity contribution in [1.29, 1.82) is 0 Å². The molecule has 12 nitrogen and oxygen atoms in total. The molecular weight excluding hydrogens is 531 g/mol. The number of rotatable bonds is 7. The van der Waals surface area contributed by atoms with Crippen LogP contribution in [0.5, 0.6) is 0 Å². The number of oxazole rings is 1. The SMILES string of the molecule is CNc1nc2cc(Cl)c(Nc3nc(=O)n(Cc4ncn(C)n4)c(=O)n3Cc3cc(F)c(F)cc3F)cc2o1.